The van der Waals surface area contributed by atoms with Crippen LogP contribution in [0.1, 0.15) is 24.8 Å². The maximum Gasteiger partial charge on any atom is 0.146 e. The Balaban J connectivity index is 1.47. The fraction of sp³-hybridized carbons (Fsp3) is 0.350. The van der Waals surface area contributed by atoms with Crippen LogP contribution in [-0.2, 0) is 0 Å². The first-order valence-electron chi connectivity index (χ1n) is 8.38. The summed E-state index contributed by atoms with van der Waals surface area (Å²) in [5, 5.41) is 0. The predicted octanol–water partition coefficient (Wildman–Crippen LogP) is 4.37. The van der Waals surface area contributed by atoms with E-state index in [9.17, 15) is 0 Å². The van der Waals surface area contributed by atoms with Crippen LogP contribution < -0.4 is 4.74 Å². The molecule has 1 saturated heterocycles. The topological polar surface area (TPSA) is 25.4 Å². The Kier molecular flexibility index (Phi) is 3.88. The second-order valence-electron chi connectivity index (χ2n) is 6.61. The number of likely N-dealkylation sites (N-methyl/N-ethyl adjacent to an activating group) is 1. The maximum absolute atomic E-state index is 5.85. The highest BCUT2D eigenvalue weighted by atomic mass is 16.5. The van der Waals surface area contributed by atoms with E-state index in [1.807, 2.05) is 42.6 Å². The van der Waals surface area contributed by atoms with Crippen LogP contribution in [0, 0.1) is 5.92 Å². The van der Waals surface area contributed by atoms with Gasteiger partial charge in [0.25, 0.3) is 0 Å². The fourth-order valence-corrected chi connectivity index (χ4v) is 3.96. The molecule has 2 bridgehead atoms. The second kappa shape index (κ2) is 6.17. The van der Waals surface area contributed by atoms with Crippen molar-refractivity contribution in [3.63, 3.8) is 0 Å². The number of nitrogens with zero attached hydrogens (tertiary/aromatic N) is 2. The van der Waals surface area contributed by atoms with Gasteiger partial charge < -0.3 is 4.74 Å². The summed E-state index contributed by atoms with van der Waals surface area (Å²) < 4.78 is 5.85. The van der Waals surface area contributed by atoms with Crippen LogP contribution in [-0.4, -0.2) is 29.0 Å². The lowest BCUT2D eigenvalue weighted by Gasteiger charge is -2.29. The molecule has 3 heteroatoms. The van der Waals surface area contributed by atoms with Crippen molar-refractivity contribution >= 4 is 6.08 Å². The zero-order valence-corrected chi connectivity index (χ0v) is 13.4. The Morgan fingerprint density at radius 2 is 2.00 bits per heavy atom. The third kappa shape index (κ3) is 3.02. The third-order valence-corrected chi connectivity index (χ3v) is 5.17. The predicted molar refractivity (Wildman–Crippen MR) is 92.5 cm³/mol. The maximum atomic E-state index is 5.85. The van der Waals surface area contributed by atoms with E-state index in [4.69, 9.17) is 4.74 Å². The van der Waals surface area contributed by atoms with E-state index in [0.717, 1.165) is 29.0 Å². The summed E-state index contributed by atoms with van der Waals surface area (Å²) in [5.41, 5.74) is 1.09. The normalized spacial score (nSPS) is 26.9. The molecule has 2 aromatic rings. The molecule has 1 aromatic carbocycles. The van der Waals surface area contributed by atoms with E-state index in [1.54, 1.807) is 6.20 Å². The molecule has 2 heterocycles. The van der Waals surface area contributed by atoms with Gasteiger partial charge in [0.2, 0.25) is 0 Å². The molecule has 1 aliphatic carbocycles. The standard InChI is InChI=1S/C20H22N2O/c1-22-17-9-8-16(12-17)20(22)10-7-15-11-19(14-21-13-15)23-18-5-3-2-4-6-18/h2-7,10-11,13-14,16-17,20H,8-9,12H2,1H3. The monoisotopic (exact) mass is 306 g/mol. The number of hydrogen-bond donors (Lipinski definition) is 0. The largest absolute Gasteiger partial charge is 0.456 e. The van der Waals surface area contributed by atoms with Gasteiger partial charge in [-0.05, 0) is 56.0 Å². The number of ether oxygens (including phenoxy) is 1. The number of para-hydroxylation sites is 1. The summed E-state index contributed by atoms with van der Waals surface area (Å²) in [6, 6.07) is 13.2. The van der Waals surface area contributed by atoms with Gasteiger partial charge in [0, 0.05) is 18.3 Å². The zero-order valence-electron chi connectivity index (χ0n) is 13.4. The van der Waals surface area contributed by atoms with Crippen molar-refractivity contribution in [3.05, 3.63) is 60.4 Å². The number of aromatic nitrogens is 1. The van der Waals surface area contributed by atoms with Crippen molar-refractivity contribution in [2.75, 3.05) is 7.05 Å². The number of benzene rings is 1. The van der Waals surface area contributed by atoms with Gasteiger partial charge >= 0.3 is 0 Å². The molecule has 118 valence electrons. The Hall–Kier alpha value is -2.13. The first kappa shape index (κ1) is 14.5. The smallest absolute Gasteiger partial charge is 0.146 e. The molecule has 3 unspecified atom stereocenters. The summed E-state index contributed by atoms with van der Waals surface area (Å²) in [6.07, 6.45) is 12.3. The van der Waals surface area contributed by atoms with Crippen molar-refractivity contribution in [3.8, 4) is 11.5 Å². The van der Waals surface area contributed by atoms with Crippen LogP contribution in [0.2, 0.25) is 0 Å². The lowest BCUT2D eigenvalue weighted by molar-refractivity contribution is 0.211. The average Bonchev–Trinajstić information content (AvgIpc) is 3.16. The van der Waals surface area contributed by atoms with E-state index in [1.165, 1.54) is 19.3 Å². The van der Waals surface area contributed by atoms with Gasteiger partial charge in [0.15, 0.2) is 0 Å². The fourth-order valence-electron chi connectivity index (χ4n) is 3.96. The molecule has 0 amide bonds. The molecule has 2 fully saturated rings. The molecule has 0 N–H and O–H groups in total. The van der Waals surface area contributed by atoms with Crippen molar-refractivity contribution in [2.45, 2.75) is 31.3 Å². The number of likely N-dealkylation sites (tertiary alicyclic amines) is 1. The van der Waals surface area contributed by atoms with E-state index >= 15 is 0 Å². The molecule has 1 aromatic heterocycles. The van der Waals surface area contributed by atoms with E-state index in [0.29, 0.717) is 6.04 Å². The highest BCUT2D eigenvalue weighted by Crippen LogP contribution is 2.41. The molecule has 1 saturated carbocycles. The van der Waals surface area contributed by atoms with Gasteiger partial charge in [-0.2, -0.15) is 0 Å². The third-order valence-electron chi connectivity index (χ3n) is 5.17. The minimum Gasteiger partial charge on any atom is -0.456 e. The van der Waals surface area contributed by atoms with Gasteiger partial charge in [-0.25, -0.2) is 0 Å². The summed E-state index contributed by atoms with van der Waals surface area (Å²) in [6.45, 7) is 0. The molecular formula is C20H22N2O. The molecule has 3 nitrogen and oxygen atoms in total. The Morgan fingerprint density at radius 3 is 2.78 bits per heavy atom. The quantitative estimate of drug-likeness (QED) is 0.838. The molecule has 23 heavy (non-hydrogen) atoms. The first-order chi connectivity index (χ1) is 11.3. The molecular weight excluding hydrogens is 284 g/mol. The lowest BCUT2D eigenvalue weighted by Crippen LogP contribution is -2.36. The van der Waals surface area contributed by atoms with Crippen molar-refractivity contribution in [2.24, 2.45) is 5.92 Å². The number of fused-ring (bicyclic) bond motifs is 2. The summed E-state index contributed by atoms with van der Waals surface area (Å²) in [5.74, 6) is 2.45. The van der Waals surface area contributed by atoms with Gasteiger partial charge in [-0.15, -0.1) is 0 Å². The molecule has 4 rings (SSSR count). The SMILES string of the molecule is CN1C2CCC(C2)C1C=Cc1cncc(Oc2ccccc2)c1. The number of hydrogen-bond acceptors (Lipinski definition) is 3. The minimum atomic E-state index is 0.576. The number of piperidine rings is 1. The van der Waals surface area contributed by atoms with E-state index < -0.39 is 0 Å². The second-order valence-corrected chi connectivity index (χ2v) is 6.61. The molecule has 1 aliphatic heterocycles. The minimum absolute atomic E-state index is 0.576. The van der Waals surface area contributed by atoms with Crippen LogP contribution >= 0.6 is 0 Å². The van der Waals surface area contributed by atoms with Crippen molar-refractivity contribution < 1.29 is 4.74 Å². The van der Waals surface area contributed by atoms with Crippen LogP contribution in [0.25, 0.3) is 6.08 Å². The number of pyridine rings is 1. The van der Waals surface area contributed by atoms with Crippen LogP contribution in [0.5, 0.6) is 11.5 Å². The lowest BCUT2D eigenvalue weighted by atomic mass is 9.98. The number of rotatable bonds is 4. The Bertz CT molecular complexity index is 696. The molecule has 0 radical (unpaired) electrons. The summed E-state index contributed by atoms with van der Waals surface area (Å²) in [7, 11) is 2.26. The Morgan fingerprint density at radius 1 is 1.13 bits per heavy atom. The summed E-state index contributed by atoms with van der Waals surface area (Å²) in [4.78, 5) is 6.83. The van der Waals surface area contributed by atoms with Gasteiger partial charge in [-0.1, -0.05) is 30.4 Å². The van der Waals surface area contributed by atoms with Crippen molar-refractivity contribution in [1.82, 2.24) is 9.88 Å². The van der Waals surface area contributed by atoms with Gasteiger partial charge in [0.1, 0.15) is 11.5 Å². The summed E-state index contributed by atoms with van der Waals surface area (Å²) >= 11 is 0. The van der Waals surface area contributed by atoms with Crippen LogP contribution in [0.3, 0.4) is 0 Å². The molecule has 2 aliphatic rings. The van der Waals surface area contributed by atoms with Gasteiger partial charge in [0.05, 0.1) is 6.20 Å². The molecule has 0 spiro atoms. The van der Waals surface area contributed by atoms with E-state index in [2.05, 4.69) is 29.1 Å². The Labute approximate surface area is 137 Å². The molecule has 3 atom stereocenters. The van der Waals surface area contributed by atoms with Crippen LogP contribution in [0.15, 0.2) is 54.9 Å². The van der Waals surface area contributed by atoms with E-state index in [-0.39, 0.29) is 0 Å². The van der Waals surface area contributed by atoms with Crippen LogP contribution in [0.4, 0.5) is 0 Å². The highest BCUT2D eigenvalue weighted by Gasteiger charge is 2.42. The van der Waals surface area contributed by atoms with Crippen molar-refractivity contribution in [1.29, 1.82) is 0 Å². The van der Waals surface area contributed by atoms with Gasteiger partial charge in [-0.3, -0.25) is 9.88 Å². The average molecular weight is 306 g/mol. The first-order valence-corrected chi connectivity index (χ1v) is 8.38. The zero-order chi connectivity index (χ0) is 15.6. The highest BCUT2D eigenvalue weighted by molar-refractivity contribution is 5.51.